The molecule has 0 aromatic carbocycles. The van der Waals surface area contributed by atoms with Gasteiger partial charge in [-0.3, -0.25) is 0 Å². The van der Waals surface area contributed by atoms with Gasteiger partial charge in [-0.05, 0) is 12.8 Å². The van der Waals surface area contributed by atoms with Crippen molar-refractivity contribution in [1.82, 2.24) is 0 Å². The topological polar surface area (TPSA) is 52.3 Å². The normalized spacial score (nSPS) is 11.7. The zero-order chi connectivity index (χ0) is 9.40. The second-order valence-corrected chi connectivity index (χ2v) is 4.08. The van der Waals surface area contributed by atoms with Gasteiger partial charge in [0, 0.05) is 10.3 Å². The molecule has 0 radical (unpaired) electrons. The summed E-state index contributed by atoms with van der Waals surface area (Å²) in [7, 11) is 0. The minimum atomic E-state index is -0.711. The van der Waals surface area contributed by atoms with Crippen molar-refractivity contribution < 1.29 is 9.53 Å². The Labute approximate surface area is 86.2 Å². The molecular formula is C8H12INO2. The first-order valence-electron chi connectivity index (χ1n) is 3.66. The van der Waals surface area contributed by atoms with Gasteiger partial charge in [-0.25, -0.2) is 4.79 Å². The van der Waals surface area contributed by atoms with Crippen LogP contribution in [-0.2, 0) is 4.74 Å². The average molecular weight is 281 g/mol. The molecule has 0 spiro atoms. The minimum absolute atomic E-state index is 0.388. The molecule has 0 bridgehead atoms. The van der Waals surface area contributed by atoms with Gasteiger partial charge in [0.2, 0.25) is 0 Å². The van der Waals surface area contributed by atoms with E-state index in [1.54, 1.807) is 0 Å². The third kappa shape index (κ3) is 7.66. The van der Waals surface area contributed by atoms with Gasteiger partial charge in [0.25, 0.3) is 0 Å². The van der Waals surface area contributed by atoms with E-state index in [0.29, 0.717) is 10.5 Å². The number of carbonyl (C=O) groups is 1. The monoisotopic (exact) mass is 281 g/mol. The van der Waals surface area contributed by atoms with Crippen molar-refractivity contribution >= 4 is 28.7 Å². The highest BCUT2D eigenvalue weighted by molar-refractivity contribution is 14.1. The van der Waals surface area contributed by atoms with Gasteiger partial charge >= 0.3 is 6.09 Å². The fraction of sp³-hybridized carbons (Fsp3) is 0.625. The Bertz CT molecular complexity index is 176. The molecule has 12 heavy (non-hydrogen) atoms. The Morgan fingerprint density at radius 2 is 2.42 bits per heavy atom. The van der Waals surface area contributed by atoms with Crippen LogP contribution in [0.3, 0.4) is 0 Å². The Kier molecular flexibility index (Phi) is 6.96. The summed E-state index contributed by atoms with van der Waals surface area (Å²) in [5.41, 5.74) is 4.77. The first kappa shape index (κ1) is 11.6. The molecule has 0 rings (SSSR count). The Hall–Kier alpha value is -0.440. The van der Waals surface area contributed by atoms with Crippen LogP contribution in [0.15, 0.2) is 0 Å². The SMILES string of the molecule is C#CCC(I)CCCOC(N)=O. The highest BCUT2D eigenvalue weighted by Gasteiger charge is 2.01. The maximum absolute atomic E-state index is 10.1. The molecule has 2 N–H and O–H groups in total. The number of rotatable bonds is 5. The van der Waals surface area contributed by atoms with Crippen LogP contribution >= 0.6 is 22.6 Å². The smallest absolute Gasteiger partial charge is 0.404 e. The number of amides is 1. The first-order chi connectivity index (χ1) is 5.66. The van der Waals surface area contributed by atoms with Gasteiger partial charge in [-0.15, -0.1) is 12.3 Å². The highest BCUT2D eigenvalue weighted by Crippen LogP contribution is 2.11. The van der Waals surface area contributed by atoms with Gasteiger partial charge in [0.05, 0.1) is 6.61 Å². The summed E-state index contributed by atoms with van der Waals surface area (Å²) in [6, 6.07) is 0. The Morgan fingerprint density at radius 3 is 2.92 bits per heavy atom. The van der Waals surface area contributed by atoms with E-state index >= 15 is 0 Å². The molecule has 0 heterocycles. The molecule has 0 saturated carbocycles. The van der Waals surface area contributed by atoms with E-state index in [1.807, 2.05) is 0 Å². The number of alkyl halides is 1. The van der Waals surface area contributed by atoms with Gasteiger partial charge < -0.3 is 10.5 Å². The van der Waals surface area contributed by atoms with Gasteiger partial charge in [-0.2, -0.15) is 0 Å². The zero-order valence-corrected chi connectivity index (χ0v) is 8.91. The van der Waals surface area contributed by atoms with Crippen molar-refractivity contribution in [2.45, 2.75) is 23.2 Å². The number of nitrogens with two attached hydrogens (primary N) is 1. The van der Waals surface area contributed by atoms with E-state index in [1.165, 1.54) is 0 Å². The molecular weight excluding hydrogens is 269 g/mol. The maximum Gasteiger partial charge on any atom is 0.404 e. The van der Waals surface area contributed by atoms with Gasteiger partial charge in [-0.1, -0.05) is 22.6 Å². The lowest BCUT2D eigenvalue weighted by Gasteiger charge is -2.05. The first-order valence-corrected chi connectivity index (χ1v) is 4.91. The van der Waals surface area contributed by atoms with Crippen LogP contribution in [0.1, 0.15) is 19.3 Å². The predicted molar refractivity (Wildman–Crippen MR) is 56.0 cm³/mol. The van der Waals surface area contributed by atoms with Crippen LogP contribution in [0.5, 0.6) is 0 Å². The summed E-state index contributed by atoms with van der Waals surface area (Å²) in [6.07, 6.45) is 6.95. The van der Waals surface area contributed by atoms with Crippen molar-refractivity contribution in [1.29, 1.82) is 0 Å². The quantitative estimate of drug-likeness (QED) is 0.361. The van der Waals surface area contributed by atoms with Crippen LogP contribution in [0.2, 0.25) is 0 Å². The molecule has 0 fully saturated rings. The molecule has 1 atom stereocenters. The zero-order valence-electron chi connectivity index (χ0n) is 6.75. The van der Waals surface area contributed by atoms with Gasteiger partial charge in [0.1, 0.15) is 0 Å². The highest BCUT2D eigenvalue weighted by atomic mass is 127. The Balaban J connectivity index is 3.20. The number of hydrogen-bond donors (Lipinski definition) is 1. The number of primary amides is 1. The summed E-state index contributed by atoms with van der Waals surface area (Å²) in [6.45, 7) is 0.388. The van der Waals surface area contributed by atoms with Crippen molar-refractivity contribution in [2.24, 2.45) is 5.73 Å². The third-order valence-electron chi connectivity index (χ3n) is 1.25. The van der Waals surface area contributed by atoms with Crippen LogP contribution in [0, 0.1) is 12.3 Å². The van der Waals surface area contributed by atoms with Crippen molar-refractivity contribution in [3.8, 4) is 12.3 Å². The third-order valence-corrected chi connectivity index (χ3v) is 2.31. The molecule has 0 aliphatic heterocycles. The molecule has 0 aromatic heterocycles. The lowest BCUT2D eigenvalue weighted by molar-refractivity contribution is 0.154. The fourth-order valence-electron chi connectivity index (χ4n) is 0.708. The summed E-state index contributed by atoms with van der Waals surface area (Å²) in [5, 5.41) is 0. The van der Waals surface area contributed by atoms with Crippen molar-refractivity contribution in [2.75, 3.05) is 6.61 Å². The molecule has 1 amide bonds. The Morgan fingerprint density at radius 1 is 1.75 bits per heavy atom. The van der Waals surface area contributed by atoms with Crippen LogP contribution in [0.4, 0.5) is 4.79 Å². The summed E-state index contributed by atoms with van der Waals surface area (Å²) in [4.78, 5) is 10.1. The minimum Gasteiger partial charge on any atom is -0.450 e. The molecule has 68 valence electrons. The van der Waals surface area contributed by atoms with Gasteiger partial charge in [0.15, 0.2) is 0 Å². The van der Waals surface area contributed by atoms with Crippen LogP contribution < -0.4 is 5.73 Å². The summed E-state index contributed by atoms with van der Waals surface area (Å²) < 4.78 is 5.02. The molecule has 4 heteroatoms. The van der Waals surface area contributed by atoms with E-state index in [2.05, 4.69) is 33.2 Å². The van der Waals surface area contributed by atoms with E-state index in [9.17, 15) is 4.79 Å². The molecule has 0 saturated heterocycles. The van der Waals surface area contributed by atoms with E-state index < -0.39 is 6.09 Å². The fourth-order valence-corrected chi connectivity index (χ4v) is 1.40. The van der Waals surface area contributed by atoms with E-state index in [4.69, 9.17) is 12.2 Å². The van der Waals surface area contributed by atoms with E-state index in [-0.39, 0.29) is 0 Å². The number of terminal acetylenes is 1. The molecule has 1 unspecified atom stereocenters. The second kappa shape index (κ2) is 7.22. The summed E-state index contributed by atoms with van der Waals surface area (Å²) in [5.74, 6) is 2.58. The number of hydrogen-bond acceptors (Lipinski definition) is 2. The van der Waals surface area contributed by atoms with Crippen LogP contribution in [0.25, 0.3) is 0 Å². The largest absolute Gasteiger partial charge is 0.450 e. The molecule has 0 aliphatic carbocycles. The lowest BCUT2D eigenvalue weighted by Crippen LogP contribution is -2.14. The van der Waals surface area contributed by atoms with E-state index in [0.717, 1.165) is 19.3 Å². The number of ether oxygens (including phenoxy) is 1. The van der Waals surface area contributed by atoms with Crippen molar-refractivity contribution in [3.05, 3.63) is 0 Å². The average Bonchev–Trinajstić information content (AvgIpc) is 1.98. The maximum atomic E-state index is 10.1. The summed E-state index contributed by atoms with van der Waals surface area (Å²) >= 11 is 2.28. The number of halogens is 1. The number of carbonyl (C=O) groups excluding carboxylic acids is 1. The standard InChI is InChI=1S/C8H12INO2/c1-2-4-7(9)5-3-6-12-8(10)11/h1,7H,3-6H2,(H2,10,11). The molecule has 0 aliphatic rings. The molecule has 3 nitrogen and oxygen atoms in total. The lowest BCUT2D eigenvalue weighted by atomic mass is 10.2. The second-order valence-electron chi connectivity index (χ2n) is 2.32. The van der Waals surface area contributed by atoms with Crippen molar-refractivity contribution in [3.63, 3.8) is 0 Å². The predicted octanol–water partition coefficient (Wildman–Crippen LogP) is 1.69. The van der Waals surface area contributed by atoms with Crippen LogP contribution in [-0.4, -0.2) is 16.6 Å². The molecule has 0 aromatic rings.